The minimum Gasteiger partial charge on any atom is -0.468 e. The number of rotatable bonds is 6. The van der Waals surface area contributed by atoms with Crippen molar-refractivity contribution in [3.63, 3.8) is 0 Å². The molecule has 0 unspecified atom stereocenters. The number of nitrogens with one attached hydrogen (secondary N) is 1. The third-order valence-electron chi connectivity index (χ3n) is 5.45. The fourth-order valence-corrected chi connectivity index (χ4v) is 3.96. The largest absolute Gasteiger partial charge is 0.468 e. The van der Waals surface area contributed by atoms with E-state index in [9.17, 15) is 10.1 Å². The number of amides is 1. The number of hydrogen-bond acceptors (Lipinski definition) is 5. The second-order valence-electron chi connectivity index (χ2n) is 7.21. The summed E-state index contributed by atoms with van der Waals surface area (Å²) in [6, 6.07) is 6.24. The molecular weight excluding hydrogens is 318 g/mol. The van der Waals surface area contributed by atoms with Crippen LogP contribution in [0.1, 0.15) is 38.4 Å². The molecule has 2 atom stereocenters. The molecule has 2 aliphatic heterocycles. The first-order valence-electron chi connectivity index (χ1n) is 9.21. The maximum atomic E-state index is 12.9. The summed E-state index contributed by atoms with van der Waals surface area (Å²) >= 11 is 0. The van der Waals surface area contributed by atoms with Gasteiger partial charge in [-0.15, -0.1) is 0 Å². The van der Waals surface area contributed by atoms with E-state index >= 15 is 0 Å². The Hall–Kier alpha value is -1.84. The van der Waals surface area contributed by atoms with Crippen molar-refractivity contribution in [1.82, 2.24) is 10.2 Å². The first-order chi connectivity index (χ1) is 12.2. The van der Waals surface area contributed by atoms with E-state index in [1.807, 2.05) is 12.1 Å². The van der Waals surface area contributed by atoms with E-state index in [4.69, 9.17) is 9.15 Å². The number of likely N-dealkylation sites (tertiary alicyclic amines) is 1. The summed E-state index contributed by atoms with van der Waals surface area (Å²) in [4.78, 5) is 15.2. The molecule has 0 bridgehead atoms. The van der Waals surface area contributed by atoms with Crippen LogP contribution >= 0.6 is 0 Å². The van der Waals surface area contributed by atoms with Gasteiger partial charge in [0.1, 0.15) is 11.2 Å². The van der Waals surface area contributed by atoms with E-state index in [0.717, 1.165) is 38.2 Å². The van der Waals surface area contributed by atoms with Crippen molar-refractivity contribution in [3.05, 3.63) is 24.2 Å². The highest BCUT2D eigenvalue weighted by Crippen LogP contribution is 2.31. The number of nitrogens with zero attached hydrogens (tertiary/aromatic N) is 2. The molecule has 2 aliphatic rings. The van der Waals surface area contributed by atoms with Crippen LogP contribution in [-0.4, -0.2) is 43.2 Å². The zero-order valence-electron chi connectivity index (χ0n) is 14.9. The lowest BCUT2D eigenvalue weighted by Gasteiger charge is -2.31. The molecule has 6 heteroatoms. The van der Waals surface area contributed by atoms with Gasteiger partial charge in [0.2, 0.25) is 5.91 Å². The molecule has 1 N–H and O–H groups in total. The van der Waals surface area contributed by atoms with E-state index in [-0.39, 0.29) is 11.9 Å². The van der Waals surface area contributed by atoms with Crippen LogP contribution in [0.5, 0.6) is 0 Å². The van der Waals surface area contributed by atoms with Crippen molar-refractivity contribution in [2.24, 2.45) is 11.3 Å². The maximum Gasteiger partial charge on any atom is 0.240 e. The first kappa shape index (κ1) is 18.0. The molecule has 2 fully saturated rings. The first-order valence-corrected chi connectivity index (χ1v) is 9.21. The molecule has 6 nitrogen and oxygen atoms in total. The molecule has 2 saturated heterocycles. The van der Waals surface area contributed by atoms with Crippen molar-refractivity contribution < 1.29 is 13.9 Å². The molecule has 1 amide bonds. The van der Waals surface area contributed by atoms with E-state index in [1.54, 1.807) is 6.26 Å². The van der Waals surface area contributed by atoms with Crippen LogP contribution in [0.4, 0.5) is 0 Å². The highest BCUT2D eigenvalue weighted by atomic mass is 16.5. The highest BCUT2D eigenvalue weighted by Gasteiger charge is 2.43. The fraction of sp³-hybridized carbons (Fsp3) is 0.684. The fourth-order valence-electron chi connectivity index (χ4n) is 3.96. The number of nitriles is 1. The molecule has 0 aromatic carbocycles. The van der Waals surface area contributed by atoms with E-state index in [1.165, 1.54) is 0 Å². The van der Waals surface area contributed by atoms with Crippen LogP contribution < -0.4 is 5.32 Å². The third kappa shape index (κ3) is 4.05. The van der Waals surface area contributed by atoms with E-state index in [0.29, 0.717) is 32.0 Å². The Labute approximate surface area is 149 Å². The number of carbonyl (C=O) groups is 1. The van der Waals surface area contributed by atoms with Crippen LogP contribution in [0.25, 0.3) is 0 Å². The summed E-state index contributed by atoms with van der Waals surface area (Å²) < 4.78 is 10.8. The highest BCUT2D eigenvalue weighted by molar-refractivity contribution is 5.85. The Kier molecular flexibility index (Phi) is 5.77. The Morgan fingerprint density at radius 2 is 2.24 bits per heavy atom. The molecule has 25 heavy (non-hydrogen) atoms. The van der Waals surface area contributed by atoms with Gasteiger partial charge in [0.15, 0.2) is 0 Å². The maximum absolute atomic E-state index is 12.9. The van der Waals surface area contributed by atoms with Gasteiger partial charge in [-0.25, -0.2) is 0 Å². The Balaban J connectivity index is 1.64. The van der Waals surface area contributed by atoms with Crippen molar-refractivity contribution >= 4 is 5.91 Å². The van der Waals surface area contributed by atoms with Crippen LogP contribution in [0.15, 0.2) is 22.8 Å². The summed E-state index contributed by atoms with van der Waals surface area (Å²) in [5, 5.41) is 12.8. The van der Waals surface area contributed by atoms with Crippen LogP contribution in [0.3, 0.4) is 0 Å². The van der Waals surface area contributed by atoms with Crippen molar-refractivity contribution in [3.8, 4) is 6.07 Å². The topological polar surface area (TPSA) is 78.5 Å². The predicted molar refractivity (Wildman–Crippen MR) is 92.4 cm³/mol. The lowest BCUT2D eigenvalue weighted by atomic mass is 9.80. The average molecular weight is 345 g/mol. The van der Waals surface area contributed by atoms with E-state index in [2.05, 4.69) is 23.2 Å². The van der Waals surface area contributed by atoms with Crippen LogP contribution in [0, 0.1) is 22.7 Å². The zero-order chi connectivity index (χ0) is 17.7. The molecule has 0 aliphatic carbocycles. The van der Waals surface area contributed by atoms with Gasteiger partial charge in [0.05, 0.1) is 18.9 Å². The van der Waals surface area contributed by atoms with E-state index < -0.39 is 5.41 Å². The Bertz CT molecular complexity index is 602. The zero-order valence-corrected chi connectivity index (χ0v) is 14.9. The number of furan rings is 1. The van der Waals surface area contributed by atoms with Gasteiger partial charge in [-0.05, 0) is 37.3 Å². The Morgan fingerprint density at radius 1 is 1.44 bits per heavy atom. The SMILES string of the molecule is CCC[C@H]1CN(Cc2ccco2)C[C@@H]1NC(=O)C1(C#N)CCOCC1. The second-order valence-corrected chi connectivity index (χ2v) is 7.21. The lowest BCUT2D eigenvalue weighted by molar-refractivity contribution is -0.133. The molecule has 0 radical (unpaired) electrons. The molecule has 136 valence electrons. The summed E-state index contributed by atoms with van der Waals surface area (Å²) in [6.45, 7) is 5.64. The molecule has 3 rings (SSSR count). The van der Waals surface area contributed by atoms with Crippen LogP contribution in [0.2, 0.25) is 0 Å². The predicted octanol–water partition coefficient (Wildman–Crippen LogP) is 2.32. The summed E-state index contributed by atoms with van der Waals surface area (Å²) in [6.07, 6.45) is 4.81. The summed E-state index contributed by atoms with van der Waals surface area (Å²) in [5.74, 6) is 1.24. The lowest BCUT2D eigenvalue weighted by Crippen LogP contribution is -2.49. The number of hydrogen-bond donors (Lipinski definition) is 1. The molecule has 0 spiro atoms. The smallest absolute Gasteiger partial charge is 0.240 e. The van der Waals surface area contributed by atoms with Gasteiger partial charge in [-0.3, -0.25) is 9.69 Å². The third-order valence-corrected chi connectivity index (χ3v) is 5.45. The van der Waals surface area contributed by atoms with Gasteiger partial charge in [0.25, 0.3) is 0 Å². The average Bonchev–Trinajstić information content (AvgIpc) is 3.26. The molecule has 1 aromatic heterocycles. The Morgan fingerprint density at radius 3 is 2.88 bits per heavy atom. The van der Waals surface area contributed by atoms with Gasteiger partial charge in [-0.1, -0.05) is 13.3 Å². The van der Waals surface area contributed by atoms with Gasteiger partial charge in [-0.2, -0.15) is 5.26 Å². The van der Waals surface area contributed by atoms with Gasteiger partial charge in [0, 0.05) is 32.3 Å². The summed E-state index contributed by atoms with van der Waals surface area (Å²) in [5.41, 5.74) is -0.927. The number of ether oxygens (including phenoxy) is 1. The van der Waals surface area contributed by atoms with Crippen molar-refractivity contribution in [2.45, 2.75) is 45.2 Å². The van der Waals surface area contributed by atoms with Crippen molar-refractivity contribution in [1.29, 1.82) is 5.26 Å². The molecule has 3 heterocycles. The standard InChI is InChI=1S/C19H27N3O3/c1-2-4-15-11-22(12-16-5-3-8-25-16)13-17(15)21-18(23)19(14-20)6-9-24-10-7-19/h3,5,8,15,17H,2,4,6-7,9-13H2,1H3,(H,21,23)/t15-,17-/m0/s1. The monoisotopic (exact) mass is 345 g/mol. The molecule has 0 saturated carbocycles. The summed E-state index contributed by atoms with van der Waals surface area (Å²) in [7, 11) is 0. The minimum atomic E-state index is -0.927. The normalized spacial score (nSPS) is 26.2. The minimum absolute atomic E-state index is 0.0930. The quantitative estimate of drug-likeness (QED) is 0.856. The second kappa shape index (κ2) is 8.03. The number of carbonyl (C=O) groups excluding carboxylic acids is 1. The van der Waals surface area contributed by atoms with Gasteiger partial charge >= 0.3 is 0 Å². The molecule has 1 aromatic rings. The van der Waals surface area contributed by atoms with Gasteiger partial charge < -0.3 is 14.5 Å². The molecular formula is C19H27N3O3. The van der Waals surface area contributed by atoms with Crippen LogP contribution in [-0.2, 0) is 16.1 Å². The van der Waals surface area contributed by atoms with Crippen molar-refractivity contribution in [2.75, 3.05) is 26.3 Å².